The van der Waals surface area contributed by atoms with Crippen LogP contribution in [-0.4, -0.2) is 46.3 Å². The van der Waals surface area contributed by atoms with Crippen molar-refractivity contribution in [3.05, 3.63) is 53.6 Å². The van der Waals surface area contributed by atoms with Gasteiger partial charge < -0.3 is 23.7 Å². The number of rotatable bonds is 5. The molecule has 0 aliphatic carbocycles. The van der Waals surface area contributed by atoms with E-state index in [1.807, 2.05) is 31.3 Å². The summed E-state index contributed by atoms with van der Waals surface area (Å²) < 4.78 is 22.8. The van der Waals surface area contributed by atoms with Gasteiger partial charge in [0.05, 0.1) is 26.4 Å². The Balaban J connectivity index is 2.06. The lowest BCUT2D eigenvalue weighted by atomic mass is 10.0. The molecule has 7 heteroatoms. The molecule has 1 N–H and O–H groups in total. The van der Waals surface area contributed by atoms with Crippen molar-refractivity contribution in [1.82, 2.24) is 0 Å². The van der Waals surface area contributed by atoms with Gasteiger partial charge in [0.1, 0.15) is 6.10 Å². The van der Waals surface area contributed by atoms with Crippen molar-refractivity contribution in [2.75, 3.05) is 20.8 Å². The molecule has 144 valence electrons. The second kappa shape index (κ2) is 7.72. The van der Waals surface area contributed by atoms with Crippen molar-refractivity contribution in [3.63, 3.8) is 0 Å². The average Bonchev–Trinajstić information content (AvgIpc) is 2.69. The first-order valence-corrected chi connectivity index (χ1v) is 11.6. The largest absolute Gasteiger partial charge is 0.493 e. The van der Waals surface area contributed by atoms with Crippen LogP contribution in [0.25, 0.3) is 0 Å². The first-order chi connectivity index (χ1) is 12.9. The Kier molecular flexibility index (Phi) is 5.55. The second-order valence-corrected chi connectivity index (χ2v) is 10.6. The summed E-state index contributed by atoms with van der Waals surface area (Å²) >= 11 is 0. The fraction of sp³-hybridized carbons (Fsp3) is 0.350. The molecule has 0 bridgehead atoms. The molecule has 3 rings (SSSR count). The topological polar surface area (TPSA) is 74.2 Å². The molecule has 0 fully saturated rings. The molecule has 1 heterocycles. The normalized spacial score (nSPS) is 20.5. The van der Waals surface area contributed by atoms with Crippen molar-refractivity contribution in [3.8, 4) is 11.5 Å². The van der Waals surface area contributed by atoms with Crippen LogP contribution in [-0.2, 0) is 9.16 Å². The Morgan fingerprint density at radius 3 is 2.33 bits per heavy atom. The fourth-order valence-electron chi connectivity index (χ4n) is 3.39. The lowest BCUT2D eigenvalue weighted by molar-refractivity contribution is -0.0339. The van der Waals surface area contributed by atoms with Crippen LogP contribution in [0.2, 0.25) is 13.1 Å². The summed E-state index contributed by atoms with van der Waals surface area (Å²) in [6, 6.07) is 12.5. The minimum Gasteiger partial charge on any atom is -0.493 e. The van der Waals surface area contributed by atoms with Gasteiger partial charge in [0, 0.05) is 5.56 Å². The zero-order chi connectivity index (χ0) is 19.6. The average molecular weight is 388 g/mol. The van der Waals surface area contributed by atoms with Gasteiger partial charge >= 0.3 is 5.97 Å². The molecule has 1 aliphatic heterocycles. The number of hydrogen-bond acceptors (Lipinski definition) is 6. The molecule has 2 aromatic rings. The van der Waals surface area contributed by atoms with E-state index < -0.39 is 26.5 Å². The number of fused-ring (bicyclic) bond motifs is 1. The van der Waals surface area contributed by atoms with Gasteiger partial charge in [-0.2, -0.15) is 0 Å². The van der Waals surface area contributed by atoms with Crippen LogP contribution < -0.4 is 14.7 Å². The Morgan fingerprint density at radius 2 is 1.74 bits per heavy atom. The second-order valence-electron chi connectivity index (χ2n) is 6.84. The first-order valence-electron chi connectivity index (χ1n) is 8.72. The van der Waals surface area contributed by atoms with Crippen molar-refractivity contribution >= 4 is 19.5 Å². The molecular formula is C20H24O6Si. The lowest BCUT2D eigenvalue weighted by Crippen LogP contribution is -2.56. The number of carbonyl (C=O) groups is 1. The van der Waals surface area contributed by atoms with Crippen LogP contribution in [0.15, 0.2) is 42.5 Å². The van der Waals surface area contributed by atoms with Gasteiger partial charge in [-0.25, -0.2) is 4.79 Å². The SMILES string of the molecule is COc1cc2c(cc1OC)[Si](C)(C)O[C@@H](CO)[C@@H]2OC(=O)c1ccccc1. The number of ether oxygens (including phenoxy) is 3. The summed E-state index contributed by atoms with van der Waals surface area (Å²) in [5, 5.41) is 10.8. The highest BCUT2D eigenvalue weighted by atomic mass is 28.4. The van der Waals surface area contributed by atoms with E-state index in [4.69, 9.17) is 18.6 Å². The number of benzene rings is 2. The quantitative estimate of drug-likeness (QED) is 0.626. The third kappa shape index (κ3) is 3.71. The van der Waals surface area contributed by atoms with Gasteiger partial charge in [0.25, 0.3) is 0 Å². The highest BCUT2D eigenvalue weighted by molar-refractivity contribution is 6.85. The van der Waals surface area contributed by atoms with Crippen LogP contribution >= 0.6 is 0 Å². The van der Waals surface area contributed by atoms with E-state index in [-0.39, 0.29) is 6.61 Å². The maximum Gasteiger partial charge on any atom is 0.338 e. The summed E-state index contributed by atoms with van der Waals surface area (Å²) in [5.41, 5.74) is 1.23. The Hall–Kier alpha value is -2.35. The van der Waals surface area contributed by atoms with Crippen LogP contribution in [0.5, 0.6) is 11.5 Å². The molecule has 6 nitrogen and oxygen atoms in total. The Labute approximate surface area is 159 Å². The standard InChI is InChI=1S/C20H24O6Si/c1-23-15-10-14-18(11-16(15)24-2)27(3,4)26-17(12-21)19(14)25-20(22)13-8-6-5-7-9-13/h5-11,17,19,21H,12H2,1-4H3/t17-,19+/m0/s1. The Morgan fingerprint density at radius 1 is 1.11 bits per heavy atom. The molecular weight excluding hydrogens is 364 g/mol. The molecule has 0 saturated carbocycles. The molecule has 1 aliphatic rings. The van der Waals surface area contributed by atoms with Gasteiger partial charge in [-0.15, -0.1) is 0 Å². The van der Waals surface area contributed by atoms with Gasteiger partial charge in [0.15, 0.2) is 17.6 Å². The number of carbonyl (C=O) groups excluding carboxylic acids is 1. The number of aliphatic hydroxyl groups is 1. The van der Waals surface area contributed by atoms with Gasteiger partial charge in [-0.3, -0.25) is 0 Å². The van der Waals surface area contributed by atoms with E-state index in [9.17, 15) is 9.90 Å². The summed E-state index contributed by atoms with van der Waals surface area (Å²) in [5.74, 6) is 0.668. The van der Waals surface area contributed by atoms with E-state index in [0.29, 0.717) is 17.1 Å². The molecule has 0 aromatic heterocycles. The summed E-state index contributed by atoms with van der Waals surface area (Å²) in [7, 11) is 0.794. The van der Waals surface area contributed by atoms with Crippen molar-refractivity contribution in [1.29, 1.82) is 0 Å². The minimum absolute atomic E-state index is 0.253. The molecule has 0 spiro atoms. The smallest absolute Gasteiger partial charge is 0.338 e. The van der Waals surface area contributed by atoms with E-state index >= 15 is 0 Å². The highest BCUT2D eigenvalue weighted by Gasteiger charge is 2.44. The monoisotopic (exact) mass is 388 g/mol. The maximum absolute atomic E-state index is 12.6. The minimum atomic E-state index is -2.34. The van der Waals surface area contributed by atoms with Gasteiger partial charge in [0.2, 0.25) is 8.32 Å². The molecule has 0 unspecified atom stereocenters. The molecule has 0 saturated heterocycles. The summed E-state index contributed by atoms with van der Waals surface area (Å²) in [4.78, 5) is 12.6. The van der Waals surface area contributed by atoms with Crippen LogP contribution in [0, 0.1) is 0 Å². The summed E-state index contributed by atoms with van der Waals surface area (Å²) in [6.07, 6.45) is -1.37. The third-order valence-corrected chi connectivity index (χ3v) is 7.34. The van der Waals surface area contributed by atoms with Gasteiger partial charge in [-0.05, 0) is 42.5 Å². The first kappa shape index (κ1) is 19.4. The number of esters is 1. The number of aliphatic hydroxyl groups excluding tert-OH is 1. The van der Waals surface area contributed by atoms with E-state index in [2.05, 4.69) is 0 Å². The zero-order valence-corrected chi connectivity index (χ0v) is 16.9. The highest BCUT2D eigenvalue weighted by Crippen LogP contribution is 2.37. The molecule has 27 heavy (non-hydrogen) atoms. The van der Waals surface area contributed by atoms with Crippen LogP contribution in [0.1, 0.15) is 22.0 Å². The van der Waals surface area contributed by atoms with Crippen LogP contribution in [0.4, 0.5) is 0 Å². The maximum atomic E-state index is 12.6. The van der Waals surface area contributed by atoms with Gasteiger partial charge in [-0.1, -0.05) is 18.2 Å². The lowest BCUT2D eigenvalue weighted by Gasteiger charge is -2.41. The fourth-order valence-corrected chi connectivity index (χ4v) is 5.86. The molecule has 2 atom stereocenters. The van der Waals surface area contributed by atoms with E-state index in [1.54, 1.807) is 38.5 Å². The molecule has 0 amide bonds. The molecule has 0 radical (unpaired) electrons. The zero-order valence-electron chi connectivity index (χ0n) is 15.9. The van der Waals surface area contributed by atoms with Crippen LogP contribution in [0.3, 0.4) is 0 Å². The Bertz CT molecular complexity index is 821. The van der Waals surface area contributed by atoms with E-state index in [0.717, 1.165) is 10.8 Å². The summed E-state index contributed by atoms with van der Waals surface area (Å²) in [6.45, 7) is 3.82. The number of hydrogen-bond donors (Lipinski definition) is 1. The molecule has 2 aromatic carbocycles. The van der Waals surface area contributed by atoms with Crippen molar-refractivity contribution < 1.29 is 28.5 Å². The van der Waals surface area contributed by atoms with E-state index in [1.165, 1.54) is 0 Å². The number of methoxy groups -OCH3 is 2. The van der Waals surface area contributed by atoms with Crippen molar-refractivity contribution in [2.45, 2.75) is 25.3 Å². The predicted molar refractivity (Wildman–Crippen MR) is 103 cm³/mol. The third-order valence-electron chi connectivity index (χ3n) is 4.72. The predicted octanol–water partition coefficient (Wildman–Crippen LogP) is 2.41. The van der Waals surface area contributed by atoms with Crippen molar-refractivity contribution in [2.24, 2.45) is 0 Å².